The summed E-state index contributed by atoms with van der Waals surface area (Å²) in [5.74, 6) is 0.943. The molecule has 6 nitrogen and oxygen atoms in total. The second-order valence-corrected chi connectivity index (χ2v) is 8.46. The lowest BCUT2D eigenvalue weighted by molar-refractivity contribution is -0.115. The van der Waals surface area contributed by atoms with E-state index in [2.05, 4.69) is 43.3 Å². The number of carbonyl (C=O) groups excluding carboxylic acids is 1. The molecule has 5 rings (SSSR count). The van der Waals surface area contributed by atoms with Crippen molar-refractivity contribution >= 4 is 40.1 Å². The van der Waals surface area contributed by atoms with Crippen LogP contribution in [-0.4, -0.2) is 45.6 Å². The van der Waals surface area contributed by atoms with Gasteiger partial charge in [0.25, 0.3) is 0 Å². The third kappa shape index (κ3) is 3.68. The molecule has 0 radical (unpaired) electrons. The first kappa shape index (κ1) is 18.4. The van der Waals surface area contributed by atoms with Crippen LogP contribution in [0.15, 0.2) is 42.7 Å². The molecule has 2 aliphatic rings. The molecule has 0 spiro atoms. The third-order valence-corrected chi connectivity index (χ3v) is 6.60. The molecule has 0 bridgehead atoms. The van der Waals surface area contributed by atoms with Crippen molar-refractivity contribution in [2.24, 2.45) is 0 Å². The Morgan fingerprint density at radius 3 is 2.86 bits per heavy atom. The zero-order valence-corrected chi connectivity index (χ0v) is 17.1. The highest BCUT2D eigenvalue weighted by Gasteiger charge is 2.20. The molecule has 1 saturated heterocycles. The van der Waals surface area contributed by atoms with Crippen molar-refractivity contribution in [2.75, 3.05) is 30.0 Å². The highest BCUT2D eigenvalue weighted by atomic mass is 32.2. The van der Waals surface area contributed by atoms with Gasteiger partial charge in [-0.15, -0.1) is 0 Å². The average molecular weight is 406 g/mol. The summed E-state index contributed by atoms with van der Waals surface area (Å²) in [6, 6.07) is 10.6. The summed E-state index contributed by atoms with van der Waals surface area (Å²) in [5.41, 5.74) is 3.88. The average Bonchev–Trinajstić information content (AvgIpc) is 3.13. The van der Waals surface area contributed by atoms with Crippen molar-refractivity contribution in [1.82, 2.24) is 14.3 Å². The summed E-state index contributed by atoms with van der Waals surface area (Å²) >= 11 is 1.82. The fraction of sp³-hybridized carbons (Fsp3) is 0.318. The Morgan fingerprint density at radius 2 is 2.03 bits per heavy atom. The topological polar surface area (TPSA) is 70.2 Å². The van der Waals surface area contributed by atoms with E-state index in [-0.39, 0.29) is 5.91 Å². The number of rotatable bonds is 4. The summed E-state index contributed by atoms with van der Waals surface area (Å²) in [5, 5.41) is 8.64. The number of nitrogens with zero attached hydrogens (tertiary/aromatic N) is 3. The molecule has 148 valence electrons. The van der Waals surface area contributed by atoms with Gasteiger partial charge in [-0.05, 0) is 48.9 Å². The van der Waals surface area contributed by atoms with Crippen LogP contribution < -0.4 is 10.6 Å². The summed E-state index contributed by atoms with van der Waals surface area (Å²) in [4.78, 5) is 21.0. The third-order valence-electron chi connectivity index (χ3n) is 5.72. The molecule has 2 N–H and O–H groups in total. The van der Waals surface area contributed by atoms with Crippen LogP contribution in [-0.2, 0) is 11.2 Å². The predicted octanol–water partition coefficient (Wildman–Crippen LogP) is 3.95. The molecule has 2 aromatic heterocycles. The van der Waals surface area contributed by atoms with Gasteiger partial charge in [0.1, 0.15) is 5.82 Å². The molecular formula is C22H23N5OS. The Morgan fingerprint density at radius 1 is 1.17 bits per heavy atom. The summed E-state index contributed by atoms with van der Waals surface area (Å²) in [6.07, 6.45) is 8.54. The maximum Gasteiger partial charge on any atom is 0.228 e. The maximum atomic E-state index is 11.7. The molecule has 0 aliphatic carbocycles. The van der Waals surface area contributed by atoms with Gasteiger partial charge >= 0.3 is 0 Å². The lowest BCUT2D eigenvalue weighted by Gasteiger charge is -2.30. The van der Waals surface area contributed by atoms with E-state index in [1.807, 2.05) is 42.5 Å². The number of hydrogen-bond donors (Lipinski definition) is 2. The fourth-order valence-corrected chi connectivity index (χ4v) is 4.72. The zero-order chi connectivity index (χ0) is 19.8. The Hall–Kier alpha value is -2.64. The number of hydrogen-bond acceptors (Lipinski definition) is 6. The Balaban J connectivity index is 1.45. The van der Waals surface area contributed by atoms with Crippen molar-refractivity contribution in [3.05, 3.63) is 48.3 Å². The van der Waals surface area contributed by atoms with E-state index in [1.165, 1.54) is 0 Å². The molecule has 0 unspecified atom stereocenters. The van der Waals surface area contributed by atoms with Gasteiger partial charge < -0.3 is 10.6 Å². The Bertz CT molecular complexity index is 1080. The Kier molecular flexibility index (Phi) is 4.85. The zero-order valence-electron chi connectivity index (χ0n) is 16.3. The molecule has 1 fully saturated rings. The van der Waals surface area contributed by atoms with Gasteiger partial charge in [-0.2, -0.15) is 0 Å². The van der Waals surface area contributed by atoms with Crippen molar-refractivity contribution in [2.45, 2.75) is 25.3 Å². The van der Waals surface area contributed by atoms with Crippen LogP contribution in [0.25, 0.3) is 22.0 Å². The van der Waals surface area contributed by atoms with Crippen LogP contribution >= 0.6 is 11.9 Å². The van der Waals surface area contributed by atoms with Crippen LogP contribution in [0.3, 0.4) is 0 Å². The minimum absolute atomic E-state index is 0.0474. The minimum Gasteiger partial charge on any atom is -0.367 e. The largest absolute Gasteiger partial charge is 0.367 e. The summed E-state index contributed by atoms with van der Waals surface area (Å²) in [7, 11) is 0. The minimum atomic E-state index is 0.0474. The normalized spacial score (nSPS) is 17.3. The van der Waals surface area contributed by atoms with Gasteiger partial charge in [0.2, 0.25) is 5.91 Å². The van der Waals surface area contributed by atoms with Crippen molar-refractivity contribution < 1.29 is 4.79 Å². The van der Waals surface area contributed by atoms with E-state index in [9.17, 15) is 4.79 Å². The molecule has 1 amide bonds. The second kappa shape index (κ2) is 7.65. The number of aromatic nitrogens is 2. The number of piperidine rings is 1. The lowest BCUT2D eigenvalue weighted by Crippen LogP contribution is -2.35. The number of nitrogens with one attached hydrogen (secondary N) is 2. The molecule has 7 heteroatoms. The van der Waals surface area contributed by atoms with E-state index < -0.39 is 0 Å². The van der Waals surface area contributed by atoms with Crippen LogP contribution in [0.5, 0.6) is 0 Å². The van der Waals surface area contributed by atoms with Gasteiger partial charge in [-0.3, -0.25) is 14.1 Å². The molecule has 2 aliphatic heterocycles. The van der Waals surface area contributed by atoms with Crippen molar-refractivity contribution in [3.8, 4) is 11.3 Å². The number of pyridine rings is 2. The van der Waals surface area contributed by atoms with Crippen LogP contribution in [0.1, 0.15) is 18.4 Å². The molecule has 29 heavy (non-hydrogen) atoms. The number of anilines is 2. The van der Waals surface area contributed by atoms with Gasteiger partial charge in [0, 0.05) is 53.5 Å². The standard InChI is InChI=1S/C22H23N5OS/c1-29-27-8-5-17(6-9-27)25-20-12-18-15(13-24-20)4-7-23-22(18)14-2-3-19-16(10-14)11-21(28)26-19/h2-4,7,10,12-13,17H,5-6,8-9,11H2,1H3,(H,24,25)(H,26,28). The molecule has 0 atom stereocenters. The number of amides is 1. The number of fused-ring (bicyclic) bond motifs is 2. The fourth-order valence-electron chi connectivity index (χ4n) is 4.14. The quantitative estimate of drug-likeness (QED) is 0.641. The van der Waals surface area contributed by atoms with Gasteiger partial charge in [-0.25, -0.2) is 4.98 Å². The first-order valence-electron chi connectivity index (χ1n) is 9.93. The van der Waals surface area contributed by atoms with E-state index in [1.54, 1.807) is 0 Å². The summed E-state index contributed by atoms with van der Waals surface area (Å²) < 4.78 is 2.40. The Labute approximate surface area is 174 Å². The van der Waals surface area contributed by atoms with E-state index in [0.717, 1.165) is 65.0 Å². The lowest BCUT2D eigenvalue weighted by atomic mass is 10.0. The monoisotopic (exact) mass is 405 g/mol. The second-order valence-electron chi connectivity index (χ2n) is 7.58. The van der Waals surface area contributed by atoms with Gasteiger partial charge in [0.05, 0.1) is 12.1 Å². The molecule has 3 aromatic rings. The molecular weight excluding hydrogens is 382 g/mol. The van der Waals surface area contributed by atoms with Crippen LogP contribution in [0, 0.1) is 0 Å². The summed E-state index contributed by atoms with van der Waals surface area (Å²) in [6.45, 7) is 2.20. The van der Waals surface area contributed by atoms with E-state index in [0.29, 0.717) is 12.5 Å². The highest BCUT2D eigenvalue weighted by molar-refractivity contribution is 7.96. The van der Waals surface area contributed by atoms with Gasteiger partial charge in [0.15, 0.2) is 0 Å². The highest BCUT2D eigenvalue weighted by Crippen LogP contribution is 2.32. The molecule has 0 saturated carbocycles. The van der Waals surface area contributed by atoms with Crippen LogP contribution in [0.2, 0.25) is 0 Å². The SMILES string of the molecule is CSN1CCC(Nc2cc3c(-c4ccc5c(c4)CC(=O)N5)nccc3cn2)CC1. The smallest absolute Gasteiger partial charge is 0.228 e. The number of benzene rings is 1. The number of carbonyl (C=O) groups is 1. The first-order chi connectivity index (χ1) is 14.2. The first-order valence-corrected chi connectivity index (χ1v) is 11.1. The van der Waals surface area contributed by atoms with Crippen LogP contribution in [0.4, 0.5) is 11.5 Å². The van der Waals surface area contributed by atoms with Crippen molar-refractivity contribution in [3.63, 3.8) is 0 Å². The molecule has 1 aromatic carbocycles. The van der Waals surface area contributed by atoms with Gasteiger partial charge in [-0.1, -0.05) is 18.0 Å². The maximum absolute atomic E-state index is 11.7. The van der Waals surface area contributed by atoms with E-state index in [4.69, 9.17) is 0 Å². The molecule has 4 heterocycles. The predicted molar refractivity (Wildman–Crippen MR) is 119 cm³/mol. The van der Waals surface area contributed by atoms with E-state index >= 15 is 0 Å². The van der Waals surface area contributed by atoms with Crippen molar-refractivity contribution in [1.29, 1.82) is 0 Å².